The highest BCUT2D eigenvalue weighted by Gasteiger charge is 2.52. The lowest BCUT2D eigenvalue weighted by molar-refractivity contribution is 0.680. The molecule has 3 nitrogen and oxygen atoms in total. The zero-order valence-corrected chi connectivity index (χ0v) is 15.3. The quantitative estimate of drug-likeness (QED) is 0.769. The predicted molar refractivity (Wildman–Crippen MR) is 95.7 cm³/mol. The third kappa shape index (κ3) is 2.81. The Morgan fingerprint density at radius 1 is 1.22 bits per heavy atom. The minimum absolute atomic E-state index is 0.560. The molecule has 23 heavy (non-hydrogen) atoms. The summed E-state index contributed by atoms with van der Waals surface area (Å²) in [5, 5.41) is 2.00. The van der Waals surface area contributed by atoms with Crippen LogP contribution in [-0.4, -0.2) is 23.1 Å². The van der Waals surface area contributed by atoms with E-state index in [0.717, 1.165) is 52.3 Å². The molecule has 6 heteroatoms. The van der Waals surface area contributed by atoms with Crippen molar-refractivity contribution in [1.29, 1.82) is 0 Å². The second-order valence-corrected chi connectivity index (χ2v) is 8.18. The molecule has 1 saturated heterocycles. The highest BCUT2D eigenvalue weighted by Crippen LogP contribution is 2.51. The molecule has 3 atom stereocenters. The van der Waals surface area contributed by atoms with Gasteiger partial charge in [0.05, 0.1) is 21.9 Å². The van der Waals surface area contributed by atoms with Gasteiger partial charge >= 0.3 is 0 Å². The van der Waals surface area contributed by atoms with Gasteiger partial charge in [-0.15, -0.1) is 0 Å². The molecular formula is C17H17Cl2N3S. The van der Waals surface area contributed by atoms with Crippen molar-refractivity contribution in [2.45, 2.75) is 23.8 Å². The van der Waals surface area contributed by atoms with Crippen molar-refractivity contribution in [1.82, 2.24) is 9.97 Å². The van der Waals surface area contributed by atoms with E-state index in [4.69, 9.17) is 28.2 Å². The third-order valence-electron chi connectivity index (χ3n) is 4.96. The Kier molecular flexibility index (Phi) is 3.94. The normalized spacial score (nSPS) is 25.6. The molecule has 2 aromatic rings. The van der Waals surface area contributed by atoms with Gasteiger partial charge in [-0.05, 0) is 36.8 Å². The van der Waals surface area contributed by atoms with Gasteiger partial charge in [0.15, 0.2) is 0 Å². The maximum Gasteiger partial charge on any atom is 0.147 e. The van der Waals surface area contributed by atoms with E-state index in [1.165, 1.54) is 11.8 Å². The van der Waals surface area contributed by atoms with Gasteiger partial charge in [-0.3, -0.25) is 0 Å². The Balaban J connectivity index is 1.53. The number of benzene rings is 1. The van der Waals surface area contributed by atoms with Crippen molar-refractivity contribution >= 4 is 40.8 Å². The molecule has 2 fully saturated rings. The van der Waals surface area contributed by atoms with E-state index < -0.39 is 0 Å². The zero-order valence-electron chi connectivity index (χ0n) is 13.0. The maximum atomic E-state index is 6.26. The highest BCUT2D eigenvalue weighted by molar-refractivity contribution is 7.99. The topological polar surface area (TPSA) is 29.0 Å². The van der Waals surface area contributed by atoms with Crippen molar-refractivity contribution in [2.75, 3.05) is 18.0 Å². The summed E-state index contributed by atoms with van der Waals surface area (Å²) in [7, 11) is 0. The Hall–Kier alpha value is -0.970. The van der Waals surface area contributed by atoms with Gasteiger partial charge in [0, 0.05) is 18.0 Å². The van der Waals surface area contributed by atoms with Crippen LogP contribution in [0.4, 0.5) is 5.82 Å². The van der Waals surface area contributed by atoms with Crippen LogP contribution in [0.1, 0.15) is 12.6 Å². The van der Waals surface area contributed by atoms with Crippen LogP contribution in [-0.2, 0) is 0 Å². The van der Waals surface area contributed by atoms with Crippen LogP contribution in [0.25, 0.3) is 0 Å². The molecule has 1 saturated carbocycles. The van der Waals surface area contributed by atoms with Crippen LogP contribution in [0.15, 0.2) is 34.3 Å². The highest BCUT2D eigenvalue weighted by atomic mass is 35.5. The molecule has 4 rings (SSSR count). The Labute approximate surface area is 150 Å². The average Bonchev–Trinajstić information content (AvgIpc) is 2.96. The van der Waals surface area contributed by atoms with Crippen molar-refractivity contribution in [3.63, 3.8) is 0 Å². The number of anilines is 1. The van der Waals surface area contributed by atoms with E-state index in [1.807, 2.05) is 25.3 Å². The molecule has 2 heterocycles. The van der Waals surface area contributed by atoms with Crippen LogP contribution in [0.5, 0.6) is 0 Å². The number of rotatable bonds is 3. The summed E-state index contributed by atoms with van der Waals surface area (Å²) in [6, 6.07) is 5.63. The van der Waals surface area contributed by atoms with Crippen molar-refractivity contribution in [2.24, 2.45) is 17.8 Å². The fourth-order valence-corrected chi connectivity index (χ4v) is 4.71. The lowest BCUT2D eigenvalue weighted by Gasteiger charge is -2.20. The molecule has 120 valence electrons. The minimum Gasteiger partial charge on any atom is -0.355 e. The van der Waals surface area contributed by atoms with Crippen molar-refractivity contribution in [3.05, 3.63) is 40.1 Å². The van der Waals surface area contributed by atoms with Gasteiger partial charge in [0.1, 0.15) is 10.8 Å². The second-order valence-electron chi connectivity index (χ2n) is 6.36. The summed E-state index contributed by atoms with van der Waals surface area (Å²) in [4.78, 5) is 12.6. The molecule has 0 N–H and O–H groups in total. The van der Waals surface area contributed by atoms with E-state index in [2.05, 4.69) is 16.8 Å². The molecule has 1 aromatic carbocycles. The van der Waals surface area contributed by atoms with Crippen LogP contribution in [0.3, 0.4) is 0 Å². The van der Waals surface area contributed by atoms with Gasteiger partial charge < -0.3 is 4.90 Å². The number of aromatic nitrogens is 2. The van der Waals surface area contributed by atoms with Gasteiger partial charge in [-0.25, -0.2) is 9.97 Å². The lowest BCUT2D eigenvalue weighted by atomic mass is 10.3. The Bertz CT molecular complexity index is 755. The third-order valence-corrected chi connectivity index (χ3v) is 7.04. The first-order valence-corrected chi connectivity index (χ1v) is 9.32. The summed E-state index contributed by atoms with van der Waals surface area (Å²) in [6.45, 7) is 6.58. The lowest BCUT2D eigenvalue weighted by Crippen LogP contribution is -2.24. The van der Waals surface area contributed by atoms with E-state index in [-0.39, 0.29) is 0 Å². The number of hydrogen-bond donors (Lipinski definition) is 0. The summed E-state index contributed by atoms with van der Waals surface area (Å²) in [6.07, 6.45) is 1.88. The summed E-state index contributed by atoms with van der Waals surface area (Å²) < 4.78 is 0. The smallest absolute Gasteiger partial charge is 0.147 e. The van der Waals surface area contributed by atoms with Crippen LogP contribution in [0, 0.1) is 24.7 Å². The molecule has 1 aromatic heterocycles. The number of halogens is 2. The number of piperidine rings is 1. The van der Waals surface area contributed by atoms with Gasteiger partial charge in [-0.2, -0.15) is 0 Å². The monoisotopic (exact) mass is 365 g/mol. The molecule has 0 radical (unpaired) electrons. The van der Waals surface area contributed by atoms with Crippen LogP contribution < -0.4 is 4.90 Å². The summed E-state index contributed by atoms with van der Waals surface area (Å²) in [5.41, 5.74) is 0.928. The first-order valence-electron chi connectivity index (χ1n) is 7.75. The molecule has 0 amide bonds. The molecule has 1 aliphatic carbocycles. The summed E-state index contributed by atoms with van der Waals surface area (Å²) in [5.74, 6) is 3.59. The molecule has 0 spiro atoms. The van der Waals surface area contributed by atoms with E-state index in [1.54, 1.807) is 6.07 Å². The predicted octanol–water partition coefficient (Wildman–Crippen LogP) is 4.95. The standard InChI is InChI=1S/C17H17Cl2N3S/c1-9-11-7-22(8-12(9)11)15-6-20-17(10(2)21-15)23-14-5-3-4-13(18)16(14)19/h3-6,9,11-12H,7-8H2,1-2H3/t9-,11-,12+. The fourth-order valence-electron chi connectivity index (χ4n) is 3.39. The maximum absolute atomic E-state index is 6.26. The van der Waals surface area contributed by atoms with E-state index in [9.17, 15) is 0 Å². The number of hydrogen-bond acceptors (Lipinski definition) is 4. The van der Waals surface area contributed by atoms with Crippen LogP contribution >= 0.6 is 35.0 Å². The first-order chi connectivity index (χ1) is 11.0. The Morgan fingerprint density at radius 3 is 2.65 bits per heavy atom. The molecule has 0 bridgehead atoms. The number of fused-ring (bicyclic) bond motifs is 1. The van der Waals surface area contributed by atoms with Crippen LogP contribution in [0.2, 0.25) is 10.0 Å². The SMILES string of the molecule is Cc1nc(N2C[C@@H]3[C@@H](C)[C@@H]3C2)cnc1Sc1cccc(Cl)c1Cl. The van der Waals surface area contributed by atoms with Crippen molar-refractivity contribution in [3.8, 4) is 0 Å². The average molecular weight is 366 g/mol. The largest absolute Gasteiger partial charge is 0.355 e. The minimum atomic E-state index is 0.560. The summed E-state index contributed by atoms with van der Waals surface area (Å²) >= 11 is 13.8. The van der Waals surface area contributed by atoms with E-state index in [0.29, 0.717) is 10.0 Å². The molecule has 0 unspecified atom stereocenters. The fraction of sp³-hybridized carbons (Fsp3) is 0.412. The van der Waals surface area contributed by atoms with E-state index >= 15 is 0 Å². The first kappa shape index (κ1) is 15.6. The molecular weight excluding hydrogens is 349 g/mol. The second kappa shape index (κ2) is 5.83. The molecule has 1 aliphatic heterocycles. The number of aryl methyl sites for hydroxylation is 1. The van der Waals surface area contributed by atoms with Gasteiger partial charge in [0.25, 0.3) is 0 Å². The Morgan fingerprint density at radius 2 is 1.96 bits per heavy atom. The van der Waals surface area contributed by atoms with Gasteiger partial charge in [0.2, 0.25) is 0 Å². The van der Waals surface area contributed by atoms with Crippen molar-refractivity contribution < 1.29 is 0 Å². The zero-order chi connectivity index (χ0) is 16.1. The van der Waals surface area contributed by atoms with Gasteiger partial charge in [-0.1, -0.05) is 48.0 Å². The molecule has 2 aliphatic rings. The number of nitrogens with zero attached hydrogens (tertiary/aromatic N) is 3.